The van der Waals surface area contributed by atoms with E-state index in [1.165, 1.54) is 0 Å². The Balaban J connectivity index is 2.63. The maximum atomic E-state index is 12.4. The number of nitrogens with one attached hydrogen (secondary N) is 2. The minimum absolute atomic E-state index is 0.00819. The Bertz CT molecular complexity index is 515. The minimum atomic E-state index is -0.568. The molecule has 2 amide bonds. The molecule has 1 aromatic carbocycles. The van der Waals surface area contributed by atoms with Gasteiger partial charge in [0.2, 0.25) is 5.91 Å². The van der Waals surface area contributed by atoms with Gasteiger partial charge in [0.05, 0.1) is 6.61 Å². The van der Waals surface area contributed by atoms with Gasteiger partial charge in [-0.05, 0) is 56.5 Å². The molecule has 0 spiro atoms. The summed E-state index contributed by atoms with van der Waals surface area (Å²) >= 11 is 0. The highest BCUT2D eigenvalue weighted by Crippen LogP contribution is 2.13. The Morgan fingerprint density at radius 3 is 2.38 bits per heavy atom. The van der Waals surface area contributed by atoms with Crippen molar-refractivity contribution in [3.05, 3.63) is 29.8 Å². The topological polar surface area (TPSA) is 93.4 Å². The van der Waals surface area contributed by atoms with Crippen molar-refractivity contribution in [2.45, 2.75) is 39.7 Å². The Labute approximate surface area is 144 Å². The van der Waals surface area contributed by atoms with E-state index in [1.54, 1.807) is 24.3 Å². The largest absolute Gasteiger partial charge is 0.494 e. The third-order valence-electron chi connectivity index (χ3n) is 3.59. The molecule has 0 saturated heterocycles. The van der Waals surface area contributed by atoms with Gasteiger partial charge in [-0.3, -0.25) is 9.59 Å². The molecule has 1 atom stereocenters. The average molecular weight is 335 g/mol. The zero-order chi connectivity index (χ0) is 17.9. The van der Waals surface area contributed by atoms with E-state index in [0.717, 1.165) is 12.8 Å². The van der Waals surface area contributed by atoms with Gasteiger partial charge in [0.15, 0.2) is 0 Å². The molecule has 1 unspecified atom stereocenters. The molecule has 4 N–H and O–H groups in total. The minimum Gasteiger partial charge on any atom is -0.494 e. The summed E-state index contributed by atoms with van der Waals surface area (Å²) in [5.74, 6) is 0.272. The van der Waals surface area contributed by atoms with Crippen molar-refractivity contribution in [3.63, 3.8) is 0 Å². The highest BCUT2D eigenvalue weighted by Gasteiger charge is 2.24. The average Bonchev–Trinajstić information content (AvgIpc) is 2.57. The molecule has 0 aliphatic heterocycles. The number of amides is 2. The van der Waals surface area contributed by atoms with Gasteiger partial charge in [-0.15, -0.1) is 0 Å². The van der Waals surface area contributed by atoms with Gasteiger partial charge in [0.1, 0.15) is 11.8 Å². The SMILES string of the molecule is CCOc1ccc(C(=O)NC(C(=O)NCCCCN)C(C)C)cc1. The van der Waals surface area contributed by atoms with E-state index in [2.05, 4.69) is 10.6 Å². The molecule has 134 valence electrons. The van der Waals surface area contributed by atoms with Crippen molar-refractivity contribution < 1.29 is 14.3 Å². The number of hydrogen-bond donors (Lipinski definition) is 3. The highest BCUT2D eigenvalue weighted by atomic mass is 16.5. The maximum absolute atomic E-state index is 12.4. The summed E-state index contributed by atoms with van der Waals surface area (Å²) in [6.07, 6.45) is 1.70. The van der Waals surface area contributed by atoms with Crippen LogP contribution in [0.2, 0.25) is 0 Å². The summed E-state index contributed by atoms with van der Waals surface area (Å²) < 4.78 is 5.36. The molecule has 0 radical (unpaired) electrons. The Morgan fingerprint density at radius 1 is 1.17 bits per heavy atom. The van der Waals surface area contributed by atoms with Crippen molar-refractivity contribution >= 4 is 11.8 Å². The second-order valence-corrected chi connectivity index (χ2v) is 5.94. The molecule has 1 aromatic rings. The first-order valence-corrected chi connectivity index (χ1v) is 8.51. The van der Waals surface area contributed by atoms with E-state index in [0.29, 0.717) is 31.0 Å². The number of nitrogens with two attached hydrogens (primary N) is 1. The molecular formula is C18H29N3O3. The fraction of sp³-hybridized carbons (Fsp3) is 0.556. The van der Waals surface area contributed by atoms with Gasteiger partial charge in [-0.2, -0.15) is 0 Å². The molecule has 6 nitrogen and oxygen atoms in total. The zero-order valence-electron chi connectivity index (χ0n) is 14.8. The summed E-state index contributed by atoms with van der Waals surface area (Å²) in [4.78, 5) is 24.6. The molecule has 24 heavy (non-hydrogen) atoms. The number of benzene rings is 1. The van der Waals surface area contributed by atoms with E-state index in [9.17, 15) is 9.59 Å². The van der Waals surface area contributed by atoms with Crippen LogP contribution in [0.1, 0.15) is 44.0 Å². The van der Waals surface area contributed by atoms with Crippen LogP contribution in [-0.4, -0.2) is 37.6 Å². The molecule has 0 fully saturated rings. The molecule has 0 aromatic heterocycles. The lowest BCUT2D eigenvalue weighted by Crippen LogP contribution is -2.49. The first kappa shape index (κ1) is 20.0. The standard InChI is InChI=1S/C18H29N3O3/c1-4-24-15-9-7-14(8-10-15)17(22)21-16(13(2)3)18(23)20-12-6-5-11-19/h7-10,13,16H,4-6,11-12,19H2,1-3H3,(H,20,23)(H,21,22). The number of carbonyl (C=O) groups is 2. The summed E-state index contributed by atoms with van der Waals surface area (Å²) in [6.45, 7) is 7.46. The summed E-state index contributed by atoms with van der Waals surface area (Å²) in [7, 11) is 0. The van der Waals surface area contributed by atoms with E-state index < -0.39 is 6.04 Å². The van der Waals surface area contributed by atoms with Crippen molar-refractivity contribution in [2.24, 2.45) is 11.7 Å². The van der Waals surface area contributed by atoms with E-state index >= 15 is 0 Å². The van der Waals surface area contributed by atoms with Crippen molar-refractivity contribution in [1.82, 2.24) is 10.6 Å². The van der Waals surface area contributed by atoms with Gasteiger partial charge >= 0.3 is 0 Å². The van der Waals surface area contributed by atoms with Crippen LogP contribution in [0.3, 0.4) is 0 Å². The monoisotopic (exact) mass is 335 g/mol. The van der Waals surface area contributed by atoms with E-state index in [1.807, 2.05) is 20.8 Å². The second kappa shape index (κ2) is 10.6. The van der Waals surface area contributed by atoms with Gasteiger partial charge in [-0.1, -0.05) is 13.8 Å². The highest BCUT2D eigenvalue weighted by molar-refractivity contribution is 5.97. The lowest BCUT2D eigenvalue weighted by Gasteiger charge is -2.21. The van der Waals surface area contributed by atoms with Gasteiger partial charge in [-0.25, -0.2) is 0 Å². The number of hydrogen-bond acceptors (Lipinski definition) is 4. The quantitative estimate of drug-likeness (QED) is 0.567. The second-order valence-electron chi connectivity index (χ2n) is 5.94. The lowest BCUT2D eigenvalue weighted by atomic mass is 10.0. The van der Waals surface area contributed by atoms with Crippen LogP contribution in [0.5, 0.6) is 5.75 Å². The number of carbonyl (C=O) groups excluding carboxylic acids is 2. The summed E-state index contributed by atoms with van der Waals surface area (Å²) in [5, 5.41) is 5.66. The molecule has 0 bridgehead atoms. The van der Waals surface area contributed by atoms with Crippen LogP contribution >= 0.6 is 0 Å². The first-order chi connectivity index (χ1) is 11.5. The maximum Gasteiger partial charge on any atom is 0.251 e. The van der Waals surface area contributed by atoms with Crippen LogP contribution < -0.4 is 21.1 Å². The van der Waals surface area contributed by atoms with Crippen molar-refractivity contribution in [1.29, 1.82) is 0 Å². The van der Waals surface area contributed by atoms with Crippen LogP contribution in [0, 0.1) is 5.92 Å². The Morgan fingerprint density at radius 2 is 1.83 bits per heavy atom. The van der Waals surface area contributed by atoms with Crippen LogP contribution in [0.4, 0.5) is 0 Å². The summed E-state index contributed by atoms with van der Waals surface area (Å²) in [5.41, 5.74) is 5.93. The van der Waals surface area contributed by atoms with Crippen molar-refractivity contribution in [2.75, 3.05) is 19.7 Å². The van der Waals surface area contributed by atoms with Crippen LogP contribution in [0.25, 0.3) is 0 Å². The molecule has 6 heteroatoms. The van der Waals surface area contributed by atoms with Crippen molar-refractivity contribution in [3.8, 4) is 5.75 Å². The predicted molar refractivity (Wildman–Crippen MR) is 95.0 cm³/mol. The molecule has 1 rings (SSSR count). The lowest BCUT2D eigenvalue weighted by molar-refractivity contribution is -0.123. The van der Waals surface area contributed by atoms with E-state index in [4.69, 9.17) is 10.5 Å². The third-order valence-corrected chi connectivity index (χ3v) is 3.59. The molecule has 0 saturated carbocycles. The van der Waals surface area contributed by atoms with E-state index in [-0.39, 0.29) is 17.7 Å². The normalized spacial score (nSPS) is 11.9. The fourth-order valence-electron chi connectivity index (χ4n) is 2.22. The van der Waals surface area contributed by atoms with Crippen LogP contribution in [-0.2, 0) is 4.79 Å². The first-order valence-electron chi connectivity index (χ1n) is 8.51. The number of ether oxygens (including phenoxy) is 1. The molecule has 0 heterocycles. The smallest absolute Gasteiger partial charge is 0.251 e. The van der Waals surface area contributed by atoms with Gasteiger partial charge < -0.3 is 21.1 Å². The number of rotatable bonds is 10. The molecule has 0 aliphatic rings. The predicted octanol–water partition coefficient (Wildman–Crippen LogP) is 1.69. The van der Waals surface area contributed by atoms with Gasteiger partial charge in [0, 0.05) is 12.1 Å². The van der Waals surface area contributed by atoms with Gasteiger partial charge in [0.25, 0.3) is 5.91 Å². The zero-order valence-corrected chi connectivity index (χ0v) is 14.8. The molecular weight excluding hydrogens is 306 g/mol. The Kier molecular flexibility index (Phi) is 8.86. The van der Waals surface area contributed by atoms with Crippen LogP contribution in [0.15, 0.2) is 24.3 Å². The number of unbranched alkanes of at least 4 members (excludes halogenated alkanes) is 1. The third kappa shape index (κ3) is 6.58. The Hall–Kier alpha value is -2.08. The molecule has 0 aliphatic carbocycles. The summed E-state index contributed by atoms with van der Waals surface area (Å²) in [6, 6.07) is 6.31. The fourth-order valence-corrected chi connectivity index (χ4v) is 2.22.